The molecule has 0 unspecified atom stereocenters. The minimum atomic E-state index is 0.502. The molecule has 0 bridgehead atoms. The highest BCUT2D eigenvalue weighted by Crippen LogP contribution is 2.21. The summed E-state index contributed by atoms with van der Waals surface area (Å²) in [5, 5.41) is 9.49. The Morgan fingerprint density at radius 3 is 2.57 bits per heavy atom. The summed E-state index contributed by atoms with van der Waals surface area (Å²) < 4.78 is 0. The predicted molar refractivity (Wildman–Crippen MR) is 94.8 cm³/mol. The lowest BCUT2D eigenvalue weighted by molar-refractivity contribution is 0.866. The van der Waals surface area contributed by atoms with Crippen molar-refractivity contribution < 1.29 is 0 Å². The van der Waals surface area contributed by atoms with E-state index in [1.807, 2.05) is 43.3 Å². The van der Waals surface area contributed by atoms with Crippen LogP contribution in [0.5, 0.6) is 0 Å². The number of H-pyrrole nitrogens is 1. The number of aromatic amines is 1. The van der Waals surface area contributed by atoms with Crippen molar-refractivity contribution in [2.75, 3.05) is 0 Å². The summed E-state index contributed by atoms with van der Waals surface area (Å²) in [7, 11) is 0. The van der Waals surface area contributed by atoms with Crippen LogP contribution in [0.25, 0.3) is 22.7 Å². The molecule has 0 radical (unpaired) electrons. The summed E-state index contributed by atoms with van der Waals surface area (Å²) in [6.45, 7) is 6.38. The van der Waals surface area contributed by atoms with Gasteiger partial charge in [0.2, 0.25) is 0 Å². The fourth-order valence-electron chi connectivity index (χ4n) is 2.55. The van der Waals surface area contributed by atoms with Crippen molar-refractivity contribution in [3.63, 3.8) is 0 Å². The lowest BCUT2D eigenvalue weighted by Crippen LogP contribution is -1.88. The number of nitrogens with one attached hydrogen (secondary N) is 1. The molecule has 0 amide bonds. The molecule has 23 heavy (non-hydrogen) atoms. The summed E-state index contributed by atoms with van der Waals surface area (Å²) in [6.07, 6.45) is 1.87. The highest BCUT2D eigenvalue weighted by Gasteiger charge is 2.08. The molecular formula is C20H19N3. The Bertz CT molecular complexity index is 906. The van der Waals surface area contributed by atoms with Crippen LogP contribution >= 0.6 is 0 Å². The van der Waals surface area contributed by atoms with Gasteiger partial charge in [-0.25, -0.2) is 4.98 Å². The second-order valence-electron chi connectivity index (χ2n) is 6.10. The number of fused-ring (bicyclic) bond motifs is 1. The number of rotatable bonds is 3. The first kappa shape index (κ1) is 15.1. The third-order valence-electron chi connectivity index (χ3n) is 3.93. The molecule has 3 rings (SSSR count). The van der Waals surface area contributed by atoms with Crippen molar-refractivity contribution >= 4 is 22.7 Å². The molecule has 0 aliphatic rings. The van der Waals surface area contributed by atoms with Crippen molar-refractivity contribution in [1.82, 2.24) is 9.97 Å². The van der Waals surface area contributed by atoms with E-state index in [1.54, 1.807) is 0 Å². The van der Waals surface area contributed by atoms with Gasteiger partial charge >= 0.3 is 0 Å². The molecule has 3 heteroatoms. The van der Waals surface area contributed by atoms with Crippen molar-refractivity contribution in [3.8, 4) is 6.07 Å². The van der Waals surface area contributed by atoms with Gasteiger partial charge in [-0.3, -0.25) is 0 Å². The molecule has 0 aliphatic heterocycles. The number of allylic oxidation sites excluding steroid dienone is 1. The van der Waals surface area contributed by atoms with Crippen LogP contribution in [0.2, 0.25) is 0 Å². The molecule has 0 aliphatic carbocycles. The van der Waals surface area contributed by atoms with Crippen LogP contribution in [0.4, 0.5) is 0 Å². The van der Waals surface area contributed by atoms with Gasteiger partial charge in [-0.1, -0.05) is 44.2 Å². The first-order valence-electron chi connectivity index (χ1n) is 7.75. The lowest BCUT2D eigenvalue weighted by Gasteiger charge is -2.04. The number of nitriles is 1. The zero-order chi connectivity index (χ0) is 16.4. The second kappa shape index (κ2) is 6.10. The van der Waals surface area contributed by atoms with E-state index in [9.17, 15) is 5.26 Å². The summed E-state index contributed by atoms with van der Waals surface area (Å²) in [5.41, 5.74) is 5.83. The molecule has 3 aromatic rings. The molecule has 1 aromatic heterocycles. The Morgan fingerprint density at radius 2 is 1.91 bits per heavy atom. The van der Waals surface area contributed by atoms with E-state index in [-0.39, 0.29) is 0 Å². The van der Waals surface area contributed by atoms with Crippen molar-refractivity contribution in [3.05, 3.63) is 65.0 Å². The van der Waals surface area contributed by atoms with Crippen LogP contribution in [-0.2, 0) is 0 Å². The van der Waals surface area contributed by atoms with E-state index in [2.05, 4.69) is 42.0 Å². The average Bonchev–Trinajstić information content (AvgIpc) is 2.95. The molecule has 0 atom stereocenters. The van der Waals surface area contributed by atoms with Gasteiger partial charge in [0.25, 0.3) is 0 Å². The quantitative estimate of drug-likeness (QED) is 0.687. The molecule has 3 nitrogen and oxygen atoms in total. The SMILES string of the molecule is Cc1ccc2nc(/C(C#N)=C\c3ccc(C(C)C)cc3)[nH]c2c1. The smallest absolute Gasteiger partial charge is 0.149 e. The molecule has 2 aromatic carbocycles. The minimum absolute atomic E-state index is 0.502. The number of nitrogens with zero attached hydrogens (tertiary/aromatic N) is 2. The van der Waals surface area contributed by atoms with Crippen molar-refractivity contribution in [1.29, 1.82) is 5.26 Å². The molecule has 0 fully saturated rings. The standard InChI is InChI=1S/C20H19N3/c1-13(2)16-7-5-15(6-8-16)11-17(12-21)20-22-18-9-4-14(3)10-19(18)23-20/h4-11,13H,1-3H3,(H,22,23)/b17-11-. The molecule has 1 heterocycles. The minimum Gasteiger partial charge on any atom is -0.337 e. The van der Waals surface area contributed by atoms with Crippen LogP contribution < -0.4 is 0 Å². The van der Waals surface area contributed by atoms with Crippen molar-refractivity contribution in [2.45, 2.75) is 26.7 Å². The number of benzene rings is 2. The van der Waals surface area contributed by atoms with E-state index in [1.165, 1.54) is 11.1 Å². The van der Waals surface area contributed by atoms with Crippen LogP contribution in [0.15, 0.2) is 42.5 Å². The van der Waals surface area contributed by atoms with Crippen LogP contribution in [-0.4, -0.2) is 9.97 Å². The maximum absolute atomic E-state index is 9.49. The van der Waals surface area contributed by atoms with Gasteiger partial charge in [0, 0.05) is 0 Å². The highest BCUT2D eigenvalue weighted by atomic mass is 14.9. The summed E-state index contributed by atoms with van der Waals surface area (Å²) in [5.74, 6) is 1.11. The Balaban J connectivity index is 1.98. The second-order valence-corrected chi connectivity index (χ2v) is 6.10. The topological polar surface area (TPSA) is 52.5 Å². The van der Waals surface area contributed by atoms with Crippen molar-refractivity contribution in [2.24, 2.45) is 0 Å². The number of hydrogen-bond acceptors (Lipinski definition) is 2. The fourth-order valence-corrected chi connectivity index (χ4v) is 2.55. The number of aryl methyl sites for hydroxylation is 1. The largest absolute Gasteiger partial charge is 0.337 e. The monoisotopic (exact) mass is 301 g/mol. The highest BCUT2D eigenvalue weighted by molar-refractivity contribution is 5.90. The predicted octanol–water partition coefficient (Wildman–Crippen LogP) is 5.06. The zero-order valence-corrected chi connectivity index (χ0v) is 13.6. The first-order valence-corrected chi connectivity index (χ1v) is 7.75. The maximum atomic E-state index is 9.49. The van der Waals surface area contributed by atoms with Gasteiger partial charge in [-0.15, -0.1) is 0 Å². The Hall–Kier alpha value is -2.86. The number of imidazole rings is 1. The van der Waals surface area contributed by atoms with E-state index >= 15 is 0 Å². The summed E-state index contributed by atoms with van der Waals surface area (Å²) >= 11 is 0. The van der Waals surface area contributed by atoms with Gasteiger partial charge in [-0.05, 0) is 47.7 Å². The Morgan fingerprint density at radius 1 is 1.17 bits per heavy atom. The summed E-state index contributed by atoms with van der Waals surface area (Å²) in [6, 6.07) is 16.6. The number of hydrogen-bond donors (Lipinski definition) is 1. The third-order valence-corrected chi connectivity index (χ3v) is 3.93. The average molecular weight is 301 g/mol. The molecule has 0 saturated heterocycles. The Kier molecular flexibility index (Phi) is 3.99. The molecule has 0 saturated carbocycles. The van der Waals surface area contributed by atoms with Gasteiger partial charge in [0.1, 0.15) is 11.9 Å². The summed E-state index contributed by atoms with van der Waals surface area (Å²) in [4.78, 5) is 7.76. The first-order chi connectivity index (χ1) is 11.1. The molecule has 0 spiro atoms. The Labute approximate surface area is 136 Å². The lowest BCUT2D eigenvalue weighted by atomic mass is 10.0. The van der Waals surface area contributed by atoms with Crippen LogP contribution in [0.3, 0.4) is 0 Å². The van der Waals surface area contributed by atoms with E-state index in [4.69, 9.17) is 0 Å². The van der Waals surface area contributed by atoms with Gasteiger partial charge in [0.05, 0.1) is 16.6 Å². The van der Waals surface area contributed by atoms with Gasteiger partial charge < -0.3 is 4.98 Å². The molecule has 1 N–H and O–H groups in total. The van der Waals surface area contributed by atoms with Gasteiger partial charge in [0.15, 0.2) is 0 Å². The van der Waals surface area contributed by atoms with E-state index < -0.39 is 0 Å². The van der Waals surface area contributed by atoms with E-state index in [0.717, 1.165) is 16.6 Å². The van der Waals surface area contributed by atoms with Crippen LogP contribution in [0, 0.1) is 18.3 Å². The fraction of sp³-hybridized carbons (Fsp3) is 0.200. The maximum Gasteiger partial charge on any atom is 0.149 e. The van der Waals surface area contributed by atoms with E-state index in [0.29, 0.717) is 17.3 Å². The normalized spacial score (nSPS) is 11.9. The number of aromatic nitrogens is 2. The third kappa shape index (κ3) is 3.17. The zero-order valence-electron chi connectivity index (χ0n) is 13.6. The molecule has 114 valence electrons. The van der Waals surface area contributed by atoms with Gasteiger partial charge in [-0.2, -0.15) is 5.26 Å². The van der Waals surface area contributed by atoms with Crippen LogP contribution in [0.1, 0.15) is 42.3 Å². The molecular weight excluding hydrogens is 282 g/mol.